The van der Waals surface area contributed by atoms with Crippen LogP contribution in [0.1, 0.15) is 55.8 Å². The number of benzene rings is 3. The molecule has 4 rings (SSSR count). The number of carbonyl (C=O) groups is 3. The zero-order valence-electron chi connectivity index (χ0n) is 18.3. The first-order chi connectivity index (χ1) is 15.4. The zero-order chi connectivity index (χ0) is 22.7. The van der Waals surface area contributed by atoms with E-state index in [1.54, 1.807) is 30.3 Å². The molecule has 3 aromatic carbocycles. The van der Waals surface area contributed by atoms with Gasteiger partial charge in [0.15, 0.2) is 5.78 Å². The van der Waals surface area contributed by atoms with Crippen LogP contribution in [0, 0.1) is 19.8 Å². The van der Waals surface area contributed by atoms with Gasteiger partial charge in [-0.05, 0) is 67.6 Å². The van der Waals surface area contributed by atoms with E-state index < -0.39 is 0 Å². The van der Waals surface area contributed by atoms with Crippen molar-refractivity contribution >= 4 is 23.3 Å². The van der Waals surface area contributed by atoms with Crippen LogP contribution in [0.3, 0.4) is 0 Å². The Labute approximate surface area is 187 Å². The smallest absolute Gasteiger partial charge is 0.252 e. The fourth-order valence-electron chi connectivity index (χ4n) is 3.54. The van der Waals surface area contributed by atoms with Gasteiger partial charge in [0.1, 0.15) is 0 Å². The molecule has 0 aromatic heterocycles. The van der Waals surface area contributed by atoms with Gasteiger partial charge in [-0.15, -0.1) is 0 Å². The summed E-state index contributed by atoms with van der Waals surface area (Å²) < 4.78 is 0. The summed E-state index contributed by atoms with van der Waals surface area (Å²) in [6, 6.07) is 19.8. The van der Waals surface area contributed by atoms with E-state index in [4.69, 9.17) is 0 Å². The second-order valence-corrected chi connectivity index (χ2v) is 8.32. The second-order valence-electron chi connectivity index (χ2n) is 8.32. The standard InChI is InChI=1S/C27H26N2O3/c1-17-10-11-21(14-18(17)2)25(30)23-8-3-4-9-24(23)27(32)28-16-19-6-5-7-22(15-19)29-26(31)20-12-13-20/h3-11,14-15,20H,12-13,16H2,1-2H3,(H,28,32)(H,29,31). The molecule has 32 heavy (non-hydrogen) atoms. The fourth-order valence-corrected chi connectivity index (χ4v) is 3.54. The topological polar surface area (TPSA) is 75.3 Å². The quantitative estimate of drug-likeness (QED) is 0.532. The molecule has 0 aliphatic heterocycles. The largest absolute Gasteiger partial charge is 0.348 e. The monoisotopic (exact) mass is 426 g/mol. The molecule has 2 amide bonds. The number of hydrogen-bond donors (Lipinski definition) is 2. The van der Waals surface area contributed by atoms with Crippen molar-refractivity contribution in [3.63, 3.8) is 0 Å². The van der Waals surface area contributed by atoms with Gasteiger partial charge in [-0.2, -0.15) is 0 Å². The molecule has 5 nitrogen and oxygen atoms in total. The van der Waals surface area contributed by atoms with Crippen molar-refractivity contribution in [2.24, 2.45) is 5.92 Å². The normalized spacial score (nSPS) is 12.8. The first-order valence-electron chi connectivity index (χ1n) is 10.8. The van der Waals surface area contributed by atoms with Crippen molar-refractivity contribution in [1.82, 2.24) is 5.32 Å². The highest BCUT2D eigenvalue weighted by molar-refractivity contribution is 6.15. The number of amides is 2. The van der Waals surface area contributed by atoms with E-state index in [0.717, 1.165) is 35.2 Å². The minimum Gasteiger partial charge on any atom is -0.348 e. The van der Waals surface area contributed by atoms with E-state index in [1.165, 1.54) is 0 Å². The van der Waals surface area contributed by atoms with Crippen molar-refractivity contribution < 1.29 is 14.4 Å². The van der Waals surface area contributed by atoms with E-state index >= 15 is 0 Å². The Morgan fingerprint density at radius 1 is 0.844 bits per heavy atom. The van der Waals surface area contributed by atoms with Gasteiger partial charge in [0, 0.05) is 29.3 Å². The van der Waals surface area contributed by atoms with Gasteiger partial charge in [0.25, 0.3) is 5.91 Å². The van der Waals surface area contributed by atoms with E-state index in [-0.39, 0.29) is 30.1 Å². The molecule has 1 aliphatic carbocycles. The van der Waals surface area contributed by atoms with Crippen LogP contribution < -0.4 is 10.6 Å². The fraction of sp³-hybridized carbons (Fsp3) is 0.222. The summed E-state index contributed by atoms with van der Waals surface area (Å²) in [6.45, 7) is 4.25. The molecule has 0 bridgehead atoms. The van der Waals surface area contributed by atoms with Crippen molar-refractivity contribution in [3.8, 4) is 0 Å². The third-order valence-corrected chi connectivity index (χ3v) is 5.78. The van der Waals surface area contributed by atoms with Crippen LogP contribution in [0.15, 0.2) is 66.7 Å². The molecule has 162 valence electrons. The number of nitrogens with one attached hydrogen (secondary N) is 2. The van der Waals surface area contributed by atoms with Gasteiger partial charge in [0.2, 0.25) is 5.91 Å². The summed E-state index contributed by atoms with van der Waals surface area (Å²) in [5.41, 5.74) is 5.01. The second kappa shape index (κ2) is 9.18. The molecular weight excluding hydrogens is 400 g/mol. The average Bonchev–Trinajstić information content (AvgIpc) is 3.65. The van der Waals surface area contributed by atoms with Crippen molar-refractivity contribution in [3.05, 3.63) is 100 Å². The van der Waals surface area contributed by atoms with Crippen LogP contribution in [-0.2, 0) is 11.3 Å². The Hall–Kier alpha value is -3.73. The van der Waals surface area contributed by atoms with E-state index in [1.807, 2.05) is 50.2 Å². The highest BCUT2D eigenvalue weighted by Gasteiger charge is 2.29. The number of carbonyl (C=O) groups excluding carboxylic acids is 3. The van der Waals surface area contributed by atoms with Crippen molar-refractivity contribution in [2.45, 2.75) is 33.2 Å². The third-order valence-electron chi connectivity index (χ3n) is 5.78. The first kappa shape index (κ1) is 21.5. The van der Waals surface area contributed by atoms with Gasteiger partial charge in [-0.25, -0.2) is 0 Å². The molecule has 1 saturated carbocycles. The van der Waals surface area contributed by atoms with Gasteiger partial charge < -0.3 is 10.6 Å². The Morgan fingerprint density at radius 3 is 2.31 bits per heavy atom. The van der Waals surface area contributed by atoms with Crippen molar-refractivity contribution in [2.75, 3.05) is 5.32 Å². The Morgan fingerprint density at radius 2 is 1.59 bits per heavy atom. The summed E-state index contributed by atoms with van der Waals surface area (Å²) >= 11 is 0. The summed E-state index contributed by atoms with van der Waals surface area (Å²) in [7, 11) is 0. The lowest BCUT2D eigenvalue weighted by atomic mass is 9.95. The lowest BCUT2D eigenvalue weighted by Gasteiger charge is -2.11. The molecule has 2 N–H and O–H groups in total. The summed E-state index contributed by atoms with van der Waals surface area (Å²) in [5.74, 6) is -0.316. The lowest BCUT2D eigenvalue weighted by molar-refractivity contribution is -0.117. The predicted octanol–water partition coefficient (Wildman–Crippen LogP) is 4.81. The molecule has 0 spiro atoms. The van der Waals surface area contributed by atoms with E-state index in [2.05, 4.69) is 10.6 Å². The molecule has 5 heteroatoms. The summed E-state index contributed by atoms with van der Waals surface area (Å²) in [6.07, 6.45) is 1.89. The number of ketones is 1. The Balaban J connectivity index is 1.47. The van der Waals surface area contributed by atoms with E-state index in [9.17, 15) is 14.4 Å². The Bertz CT molecular complexity index is 1200. The maximum Gasteiger partial charge on any atom is 0.252 e. The molecule has 1 aliphatic rings. The molecule has 0 radical (unpaired) electrons. The minimum atomic E-state index is -0.315. The summed E-state index contributed by atoms with van der Waals surface area (Å²) in [4.78, 5) is 38.0. The van der Waals surface area contributed by atoms with Crippen LogP contribution >= 0.6 is 0 Å². The van der Waals surface area contributed by atoms with Gasteiger partial charge in [0.05, 0.1) is 5.56 Å². The molecular formula is C27H26N2O3. The molecule has 0 atom stereocenters. The zero-order valence-corrected chi connectivity index (χ0v) is 18.3. The Kier molecular flexibility index (Phi) is 6.17. The van der Waals surface area contributed by atoms with Gasteiger partial charge in [-0.1, -0.05) is 42.5 Å². The van der Waals surface area contributed by atoms with Crippen LogP contribution in [0.25, 0.3) is 0 Å². The average molecular weight is 427 g/mol. The maximum atomic E-state index is 13.1. The van der Waals surface area contributed by atoms with Gasteiger partial charge >= 0.3 is 0 Å². The predicted molar refractivity (Wildman–Crippen MR) is 125 cm³/mol. The van der Waals surface area contributed by atoms with Crippen LogP contribution in [0.2, 0.25) is 0 Å². The van der Waals surface area contributed by atoms with Crippen LogP contribution in [0.5, 0.6) is 0 Å². The van der Waals surface area contributed by atoms with Crippen molar-refractivity contribution in [1.29, 1.82) is 0 Å². The molecule has 0 heterocycles. The number of anilines is 1. The first-order valence-corrected chi connectivity index (χ1v) is 10.8. The third kappa shape index (κ3) is 4.94. The number of rotatable bonds is 7. The summed E-state index contributed by atoms with van der Waals surface area (Å²) in [5, 5.41) is 5.81. The van der Waals surface area contributed by atoms with E-state index in [0.29, 0.717) is 16.7 Å². The number of hydrogen-bond acceptors (Lipinski definition) is 3. The number of aryl methyl sites for hydroxylation is 2. The highest BCUT2D eigenvalue weighted by atomic mass is 16.2. The van der Waals surface area contributed by atoms with Crippen LogP contribution in [0.4, 0.5) is 5.69 Å². The molecule has 0 unspecified atom stereocenters. The SMILES string of the molecule is Cc1ccc(C(=O)c2ccccc2C(=O)NCc2cccc(NC(=O)C3CC3)c2)cc1C. The minimum absolute atomic E-state index is 0.0463. The molecule has 0 saturated heterocycles. The maximum absolute atomic E-state index is 13.1. The van der Waals surface area contributed by atoms with Gasteiger partial charge in [-0.3, -0.25) is 14.4 Å². The molecule has 3 aromatic rings. The van der Waals surface area contributed by atoms with Crippen LogP contribution in [-0.4, -0.2) is 17.6 Å². The molecule has 1 fully saturated rings. The highest BCUT2D eigenvalue weighted by Crippen LogP contribution is 2.30. The lowest BCUT2D eigenvalue weighted by Crippen LogP contribution is -2.25.